The van der Waals surface area contributed by atoms with Gasteiger partial charge in [-0.15, -0.1) is 0 Å². The van der Waals surface area contributed by atoms with Gasteiger partial charge in [-0.25, -0.2) is 0 Å². The normalized spacial score (nSPS) is 12.8. The van der Waals surface area contributed by atoms with Crippen LogP contribution in [0.5, 0.6) is 0 Å². The van der Waals surface area contributed by atoms with E-state index in [1.807, 2.05) is 6.08 Å². The van der Waals surface area contributed by atoms with Crippen molar-refractivity contribution in [3.05, 3.63) is 436 Å². The summed E-state index contributed by atoms with van der Waals surface area (Å²) in [5.74, 6) is 0. The van der Waals surface area contributed by atoms with Crippen LogP contribution < -0.4 is 36.8 Å². The lowest BCUT2D eigenvalue weighted by atomic mass is 9.33. The van der Waals surface area contributed by atoms with Gasteiger partial charge in [0.25, 0.3) is 6.71 Å². The first-order valence-electron chi connectivity index (χ1n) is 42.5. The number of hydrogen-bond acceptors (Lipinski definition) is 2. The van der Waals surface area contributed by atoms with E-state index in [0.717, 1.165) is 173 Å². The van der Waals surface area contributed by atoms with Crippen LogP contribution in [-0.4, -0.2) is 29.5 Å². The van der Waals surface area contributed by atoms with E-state index >= 15 is 0 Å². The van der Waals surface area contributed by atoms with Gasteiger partial charge in [-0.05, 0) is 149 Å². The molecule has 0 saturated heterocycles. The maximum atomic E-state index is 4.35. The predicted octanol–water partition coefficient (Wildman–Crippen LogP) is 26.5. The van der Waals surface area contributed by atoms with E-state index in [0.29, 0.717) is 0 Å². The topological polar surface area (TPSA) is 31.1 Å². The second-order valence-electron chi connectivity index (χ2n) is 32.5. The van der Waals surface area contributed by atoms with Crippen LogP contribution in [0.2, 0.25) is 0 Å². The van der Waals surface area contributed by atoms with Crippen LogP contribution in [0, 0.1) is 0 Å². The third-order valence-electron chi connectivity index (χ3n) is 26.2. The molecule has 7 heterocycles. The largest absolute Gasteiger partial charge is 0.311 e. The molecule has 0 fully saturated rings. The average molecular weight is 1570 g/mol. The molecule has 2 aliphatic heterocycles. The Hall–Kier alpha value is -16.2. The SMILES string of the molecule is C=C/C=c1\c(=C/C)n(-c2cc3c4c(c2)N(c2ccccc2-c2ccccc2)c2cc(-c5cccc(-n6c7ccccc7c7ccccc76)c5-n5c6ccccc6c6ccccc65)ccc2B4c2ccc(-c4cccc(-n5c6ccccc6c6ccccc65)c4-n4c5ccccc5c5ccccc54)cc2N3c2ccccc2-c2ccccc2)c2ccccc12. The van der Waals surface area contributed by atoms with Crippen molar-refractivity contribution >= 4 is 168 Å². The Morgan fingerprint density at radius 2 is 0.537 bits per heavy atom. The van der Waals surface area contributed by atoms with Gasteiger partial charge in [0.05, 0.1) is 89.5 Å². The molecule has 25 rings (SSSR count). The predicted molar refractivity (Wildman–Crippen MR) is 520 cm³/mol. The van der Waals surface area contributed by atoms with Crippen molar-refractivity contribution in [2.75, 3.05) is 9.80 Å². The van der Waals surface area contributed by atoms with Crippen LogP contribution in [0.1, 0.15) is 6.92 Å². The third kappa shape index (κ3) is 10.4. The molecule has 0 N–H and O–H groups in total. The number of hydrogen-bond donors (Lipinski definition) is 0. The zero-order chi connectivity index (χ0) is 81.1. The van der Waals surface area contributed by atoms with Crippen LogP contribution >= 0.6 is 0 Å². The summed E-state index contributed by atoms with van der Waals surface area (Å²) < 4.78 is 12.6. The van der Waals surface area contributed by atoms with Gasteiger partial charge in [0, 0.05) is 104 Å². The maximum absolute atomic E-state index is 4.35. The van der Waals surface area contributed by atoms with Crippen molar-refractivity contribution in [3.63, 3.8) is 0 Å². The monoisotopic (exact) mass is 1570 g/mol. The van der Waals surface area contributed by atoms with E-state index in [2.05, 4.69) is 471 Å². The summed E-state index contributed by atoms with van der Waals surface area (Å²) in [6.45, 7) is 6.20. The highest BCUT2D eigenvalue weighted by Crippen LogP contribution is 2.53. The van der Waals surface area contributed by atoms with Crippen LogP contribution in [0.25, 0.3) is 183 Å². The lowest BCUT2D eigenvalue weighted by Crippen LogP contribution is -2.61. The van der Waals surface area contributed by atoms with Crippen LogP contribution in [0.15, 0.2) is 425 Å². The molecule has 0 bridgehead atoms. The number of anilines is 6. The van der Waals surface area contributed by atoms with Crippen molar-refractivity contribution in [1.29, 1.82) is 0 Å². The number of para-hydroxylation sites is 13. The highest BCUT2D eigenvalue weighted by Gasteiger charge is 2.45. The molecule has 7 nitrogen and oxygen atoms in total. The first kappa shape index (κ1) is 69.9. The van der Waals surface area contributed by atoms with Crippen molar-refractivity contribution in [1.82, 2.24) is 22.8 Å². The zero-order valence-electron chi connectivity index (χ0n) is 67.4. The third-order valence-corrected chi connectivity index (χ3v) is 26.2. The van der Waals surface area contributed by atoms with Crippen LogP contribution in [-0.2, 0) is 0 Å². The number of benzene rings is 18. The molecule has 123 heavy (non-hydrogen) atoms. The average Bonchev–Trinajstić information content (AvgIpc) is 1.19. The van der Waals surface area contributed by atoms with Gasteiger partial charge in [0.2, 0.25) is 0 Å². The standard InChI is InChI=1S/C115H76BN7/c1-3-35-83-84-42-13-24-55-98(84)117(95(83)4-2)78-72-111-113-112(73-78)121(97-54-23-12-41-80(97)75-38-9-6-10-39-75)110-71-77(82-52-34-65-108(119-101-58-27-16-45-87(101)88-46-17-28-59-102(88)119)115(82)123-105-62-31-20-49-91(105)92-50-21-32-63-106(92)123)67-69-94(110)116(113)93-68-66-76(70-109(93)120(111)96-53-22-11-40-79(96)74-36-7-5-8-37-74)81-51-33-64-107(118-99-56-25-14-43-85(99)86-44-15-26-57-100(86)118)114(81)122-103-60-29-18-47-89(103)90-48-19-30-61-104(90)122/h3-73H,1H2,2H3/b83-35-,95-4+. The molecule has 18 aromatic carbocycles. The Morgan fingerprint density at radius 3 is 0.894 bits per heavy atom. The van der Waals surface area contributed by atoms with Gasteiger partial charge in [-0.2, -0.15) is 0 Å². The van der Waals surface area contributed by atoms with Gasteiger partial charge < -0.3 is 32.6 Å². The summed E-state index contributed by atoms with van der Waals surface area (Å²) in [5.41, 5.74) is 34.2. The molecule has 0 spiro atoms. The van der Waals surface area contributed by atoms with Crippen LogP contribution in [0.3, 0.4) is 0 Å². The van der Waals surface area contributed by atoms with Gasteiger partial charge in [0.15, 0.2) is 0 Å². The minimum atomic E-state index is -0.331. The first-order chi connectivity index (χ1) is 61.0. The summed E-state index contributed by atoms with van der Waals surface area (Å²) in [6, 6.07) is 155. The molecule has 23 aromatic rings. The zero-order valence-corrected chi connectivity index (χ0v) is 67.4. The number of rotatable bonds is 12. The molecular formula is C115H76BN7. The van der Waals surface area contributed by atoms with Crippen molar-refractivity contribution in [3.8, 4) is 72.9 Å². The molecule has 0 radical (unpaired) electrons. The van der Waals surface area contributed by atoms with Crippen molar-refractivity contribution in [2.24, 2.45) is 0 Å². The van der Waals surface area contributed by atoms with E-state index in [9.17, 15) is 0 Å². The Kier molecular flexibility index (Phi) is 15.8. The molecule has 0 amide bonds. The van der Waals surface area contributed by atoms with E-state index in [4.69, 9.17) is 0 Å². The molecule has 0 unspecified atom stereocenters. The summed E-state index contributed by atoms with van der Waals surface area (Å²) in [6.07, 6.45) is 6.40. The number of aromatic nitrogens is 5. The molecule has 574 valence electrons. The van der Waals surface area contributed by atoms with Crippen molar-refractivity contribution in [2.45, 2.75) is 6.92 Å². The summed E-state index contributed by atoms with van der Waals surface area (Å²) in [7, 11) is 0. The lowest BCUT2D eigenvalue weighted by Gasteiger charge is -2.45. The molecule has 0 aliphatic carbocycles. The summed E-state index contributed by atoms with van der Waals surface area (Å²) >= 11 is 0. The van der Waals surface area contributed by atoms with Crippen LogP contribution in [0.4, 0.5) is 34.1 Å². The van der Waals surface area contributed by atoms with Gasteiger partial charge in [-0.3, -0.25) is 0 Å². The molecule has 0 saturated carbocycles. The molecule has 0 atom stereocenters. The minimum absolute atomic E-state index is 0.331. The van der Waals surface area contributed by atoms with E-state index in [-0.39, 0.29) is 6.71 Å². The fourth-order valence-corrected chi connectivity index (χ4v) is 21.2. The van der Waals surface area contributed by atoms with E-state index in [1.54, 1.807) is 0 Å². The summed E-state index contributed by atoms with van der Waals surface area (Å²) in [4.78, 5) is 5.29. The fourth-order valence-electron chi connectivity index (χ4n) is 21.2. The molecule has 5 aromatic heterocycles. The van der Waals surface area contributed by atoms with Gasteiger partial charge in [-0.1, -0.05) is 334 Å². The molecular weight excluding hydrogens is 1490 g/mol. The molecule has 2 aliphatic rings. The Labute approximate surface area is 710 Å². The second kappa shape index (κ2) is 27.7. The lowest BCUT2D eigenvalue weighted by molar-refractivity contribution is 1.06. The van der Waals surface area contributed by atoms with E-state index in [1.165, 1.54) is 59.5 Å². The maximum Gasteiger partial charge on any atom is 0.252 e. The van der Waals surface area contributed by atoms with E-state index < -0.39 is 0 Å². The summed E-state index contributed by atoms with van der Waals surface area (Å²) in [5, 5.41) is 12.9. The Balaban J connectivity index is 0.830. The highest BCUT2D eigenvalue weighted by molar-refractivity contribution is 7.00. The quantitative estimate of drug-likeness (QED) is 0.114. The highest BCUT2D eigenvalue weighted by atomic mass is 15.2. The number of fused-ring (bicyclic) bond motifs is 17. The Bertz CT molecular complexity index is 7880. The minimum Gasteiger partial charge on any atom is -0.311 e. The van der Waals surface area contributed by atoms with Crippen molar-refractivity contribution < 1.29 is 0 Å². The Morgan fingerprint density at radius 1 is 0.236 bits per heavy atom. The van der Waals surface area contributed by atoms with Gasteiger partial charge in [0.1, 0.15) is 0 Å². The smallest absolute Gasteiger partial charge is 0.252 e. The number of allylic oxidation sites excluding steroid dienone is 1. The molecule has 8 heteroatoms. The second-order valence-corrected chi connectivity index (χ2v) is 32.5. The fraction of sp³-hybridized carbons (Fsp3) is 0.00870. The number of nitrogens with zero attached hydrogens (tertiary/aromatic N) is 7. The van der Waals surface area contributed by atoms with Gasteiger partial charge >= 0.3 is 0 Å². The first-order valence-corrected chi connectivity index (χ1v) is 42.5.